The zero-order valence-electron chi connectivity index (χ0n) is 9.32. The Labute approximate surface area is 118 Å². The van der Waals surface area contributed by atoms with E-state index in [1.54, 1.807) is 6.20 Å². The number of halogens is 2. The first-order valence-electron chi connectivity index (χ1n) is 5.29. The van der Waals surface area contributed by atoms with Crippen LogP contribution < -0.4 is 5.32 Å². The van der Waals surface area contributed by atoms with Crippen LogP contribution in [0, 0.1) is 0 Å². The SMILES string of the molecule is CC(Nc1ccc(Br)cn1)c1ccc(Br)cc1. The van der Waals surface area contributed by atoms with Crippen molar-refractivity contribution in [3.8, 4) is 0 Å². The van der Waals surface area contributed by atoms with Gasteiger partial charge in [0.1, 0.15) is 5.82 Å². The van der Waals surface area contributed by atoms with Crippen molar-refractivity contribution in [3.63, 3.8) is 0 Å². The van der Waals surface area contributed by atoms with Crippen molar-refractivity contribution in [3.05, 3.63) is 57.1 Å². The summed E-state index contributed by atoms with van der Waals surface area (Å²) >= 11 is 6.80. The zero-order valence-corrected chi connectivity index (χ0v) is 12.5. The molecule has 1 atom stereocenters. The van der Waals surface area contributed by atoms with Crippen molar-refractivity contribution in [2.24, 2.45) is 0 Å². The van der Waals surface area contributed by atoms with Gasteiger partial charge in [-0.25, -0.2) is 4.98 Å². The molecular weight excluding hydrogens is 344 g/mol. The standard InChI is InChI=1S/C13H12Br2N2/c1-9(10-2-4-11(14)5-3-10)17-13-7-6-12(15)8-16-13/h2-9H,1H3,(H,16,17). The number of rotatable bonds is 3. The summed E-state index contributed by atoms with van der Waals surface area (Å²) in [7, 11) is 0. The van der Waals surface area contributed by atoms with E-state index in [1.165, 1.54) is 5.56 Å². The molecule has 0 aliphatic carbocycles. The Bertz CT molecular complexity index is 480. The van der Waals surface area contributed by atoms with Gasteiger partial charge >= 0.3 is 0 Å². The number of hydrogen-bond donors (Lipinski definition) is 1. The quantitative estimate of drug-likeness (QED) is 0.856. The highest BCUT2D eigenvalue weighted by atomic mass is 79.9. The fraction of sp³-hybridized carbons (Fsp3) is 0.154. The first-order chi connectivity index (χ1) is 8.15. The lowest BCUT2D eigenvalue weighted by atomic mass is 10.1. The van der Waals surface area contributed by atoms with Crippen LogP contribution in [0.2, 0.25) is 0 Å². The van der Waals surface area contributed by atoms with E-state index in [0.717, 1.165) is 14.8 Å². The van der Waals surface area contributed by atoms with Crippen LogP contribution in [0.5, 0.6) is 0 Å². The third-order valence-electron chi connectivity index (χ3n) is 2.46. The molecule has 0 aliphatic rings. The molecule has 0 spiro atoms. The van der Waals surface area contributed by atoms with Gasteiger partial charge in [0.2, 0.25) is 0 Å². The molecule has 0 amide bonds. The van der Waals surface area contributed by atoms with Crippen molar-refractivity contribution in [1.82, 2.24) is 4.98 Å². The van der Waals surface area contributed by atoms with Gasteiger partial charge in [-0.1, -0.05) is 28.1 Å². The fourth-order valence-corrected chi connectivity index (χ4v) is 2.02. The number of hydrogen-bond acceptors (Lipinski definition) is 2. The van der Waals surface area contributed by atoms with Crippen molar-refractivity contribution in [2.45, 2.75) is 13.0 Å². The van der Waals surface area contributed by atoms with Gasteiger partial charge in [0.25, 0.3) is 0 Å². The summed E-state index contributed by atoms with van der Waals surface area (Å²) in [5, 5.41) is 3.36. The molecule has 0 fully saturated rings. The lowest BCUT2D eigenvalue weighted by Crippen LogP contribution is -2.07. The van der Waals surface area contributed by atoms with Crippen LogP contribution in [0.4, 0.5) is 5.82 Å². The molecule has 0 radical (unpaired) electrons. The molecule has 2 rings (SSSR count). The Hall–Kier alpha value is -0.870. The number of anilines is 1. The van der Waals surface area contributed by atoms with Gasteiger partial charge in [-0.15, -0.1) is 0 Å². The molecule has 1 aromatic heterocycles. The average molecular weight is 356 g/mol. The van der Waals surface area contributed by atoms with Crippen LogP contribution in [0.15, 0.2) is 51.5 Å². The summed E-state index contributed by atoms with van der Waals surface area (Å²) in [6.07, 6.45) is 1.79. The lowest BCUT2D eigenvalue weighted by molar-refractivity contribution is 0.874. The van der Waals surface area contributed by atoms with Gasteiger partial charge in [-0.3, -0.25) is 0 Å². The molecule has 0 saturated carbocycles. The Kier molecular flexibility index (Phi) is 4.18. The van der Waals surface area contributed by atoms with Crippen molar-refractivity contribution >= 4 is 37.7 Å². The number of nitrogens with one attached hydrogen (secondary N) is 1. The molecule has 1 aromatic carbocycles. The minimum Gasteiger partial charge on any atom is -0.364 e. The fourth-order valence-electron chi connectivity index (χ4n) is 1.52. The van der Waals surface area contributed by atoms with E-state index in [1.807, 2.05) is 24.3 Å². The summed E-state index contributed by atoms with van der Waals surface area (Å²) in [6.45, 7) is 2.12. The highest BCUT2D eigenvalue weighted by Crippen LogP contribution is 2.20. The maximum Gasteiger partial charge on any atom is 0.126 e. The van der Waals surface area contributed by atoms with Crippen molar-refractivity contribution < 1.29 is 0 Å². The lowest BCUT2D eigenvalue weighted by Gasteiger charge is -2.14. The van der Waals surface area contributed by atoms with Gasteiger partial charge in [0, 0.05) is 21.2 Å². The van der Waals surface area contributed by atoms with Crippen molar-refractivity contribution in [1.29, 1.82) is 0 Å². The molecule has 1 heterocycles. The van der Waals surface area contributed by atoms with Crippen LogP contribution in [0.1, 0.15) is 18.5 Å². The highest BCUT2D eigenvalue weighted by molar-refractivity contribution is 9.10. The number of nitrogens with zero attached hydrogens (tertiary/aromatic N) is 1. The normalized spacial score (nSPS) is 12.2. The number of aromatic nitrogens is 1. The average Bonchev–Trinajstić information content (AvgIpc) is 2.33. The Morgan fingerprint density at radius 1 is 1.00 bits per heavy atom. The molecule has 2 aromatic rings. The Balaban J connectivity index is 2.08. The summed E-state index contributed by atoms with van der Waals surface area (Å²) in [5.74, 6) is 0.878. The maximum absolute atomic E-state index is 4.29. The molecule has 0 bridgehead atoms. The smallest absolute Gasteiger partial charge is 0.126 e. The number of pyridine rings is 1. The van der Waals surface area contributed by atoms with Gasteiger partial charge in [0.05, 0.1) is 0 Å². The third kappa shape index (κ3) is 3.54. The van der Waals surface area contributed by atoms with Gasteiger partial charge < -0.3 is 5.32 Å². The van der Waals surface area contributed by atoms with Crippen LogP contribution in [0.25, 0.3) is 0 Å². The summed E-state index contributed by atoms with van der Waals surface area (Å²) in [4.78, 5) is 4.29. The molecule has 1 N–H and O–H groups in total. The molecule has 0 aliphatic heterocycles. The Morgan fingerprint density at radius 3 is 2.24 bits per heavy atom. The summed E-state index contributed by atoms with van der Waals surface area (Å²) < 4.78 is 2.08. The van der Waals surface area contributed by atoms with E-state index in [-0.39, 0.29) is 6.04 Å². The second kappa shape index (κ2) is 5.65. The summed E-state index contributed by atoms with van der Waals surface area (Å²) in [6, 6.07) is 12.5. The molecule has 88 valence electrons. The van der Waals surface area contributed by atoms with Gasteiger partial charge in [-0.2, -0.15) is 0 Å². The minimum absolute atomic E-state index is 0.233. The van der Waals surface area contributed by atoms with E-state index in [4.69, 9.17) is 0 Å². The molecule has 4 heteroatoms. The molecule has 2 nitrogen and oxygen atoms in total. The topological polar surface area (TPSA) is 24.9 Å². The monoisotopic (exact) mass is 354 g/mol. The Morgan fingerprint density at radius 2 is 1.65 bits per heavy atom. The second-order valence-corrected chi connectivity index (χ2v) is 5.61. The van der Waals surface area contributed by atoms with Crippen LogP contribution >= 0.6 is 31.9 Å². The second-order valence-electron chi connectivity index (χ2n) is 3.78. The van der Waals surface area contributed by atoms with E-state index in [0.29, 0.717) is 0 Å². The van der Waals surface area contributed by atoms with Gasteiger partial charge in [-0.05, 0) is 52.7 Å². The third-order valence-corrected chi connectivity index (χ3v) is 3.46. The molecule has 1 unspecified atom stereocenters. The first kappa shape index (κ1) is 12.6. The van der Waals surface area contributed by atoms with E-state index < -0.39 is 0 Å². The first-order valence-corrected chi connectivity index (χ1v) is 6.87. The van der Waals surface area contributed by atoms with Crippen molar-refractivity contribution in [2.75, 3.05) is 5.32 Å². The van der Waals surface area contributed by atoms with Crippen LogP contribution in [-0.4, -0.2) is 4.98 Å². The van der Waals surface area contributed by atoms with E-state index in [2.05, 4.69) is 61.2 Å². The van der Waals surface area contributed by atoms with Crippen LogP contribution in [0.3, 0.4) is 0 Å². The van der Waals surface area contributed by atoms with Crippen LogP contribution in [-0.2, 0) is 0 Å². The zero-order chi connectivity index (χ0) is 12.3. The predicted octanol–water partition coefficient (Wildman–Crippen LogP) is 4.78. The number of benzene rings is 1. The van der Waals surface area contributed by atoms with E-state index >= 15 is 0 Å². The molecular formula is C13H12Br2N2. The largest absolute Gasteiger partial charge is 0.364 e. The van der Waals surface area contributed by atoms with E-state index in [9.17, 15) is 0 Å². The maximum atomic E-state index is 4.29. The van der Waals surface area contributed by atoms with Gasteiger partial charge in [0.15, 0.2) is 0 Å². The highest BCUT2D eigenvalue weighted by Gasteiger charge is 2.05. The summed E-state index contributed by atoms with van der Waals surface area (Å²) in [5.41, 5.74) is 1.23. The molecule has 17 heavy (non-hydrogen) atoms. The minimum atomic E-state index is 0.233. The predicted molar refractivity (Wildman–Crippen MR) is 78.1 cm³/mol. The molecule has 0 saturated heterocycles.